The Morgan fingerprint density at radius 2 is 1.81 bits per heavy atom. The Labute approximate surface area is 280 Å². The van der Waals surface area contributed by atoms with Gasteiger partial charge in [0.25, 0.3) is 5.91 Å². The van der Waals surface area contributed by atoms with Crippen LogP contribution in [0, 0.1) is 0 Å². The second-order valence-electron chi connectivity index (χ2n) is 11.8. The van der Waals surface area contributed by atoms with Crippen LogP contribution in [-0.2, 0) is 51.2 Å². The zero-order valence-electron chi connectivity index (χ0n) is 27.0. The van der Waals surface area contributed by atoms with Crippen LogP contribution in [0.1, 0.15) is 46.1 Å². The molecule has 2 heterocycles. The van der Waals surface area contributed by atoms with E-state index in [1.54, 1.807) is 57.4 Å². The molecule has 0 radical (unpaired) electrons. The Hall–Kier alpha value is -3.95. The number of β-lactam (4-membered cyclic amide) rings is 1. The normalized spacial score (nSPS) is 22.7. The molecule has 2 N–H and O–H groups in total. The summed E-state index contributed by atoms with van der Waals surface area (Å²) in [6.07, 6.45) is 7.37. The van der Waals surface area contributed by atoms with Crippen LogP contribution >= 0.6 is 11.8 Å². The lowest BCUT2D eigenvalue weighted by Crippen LogP contribution is -2.76. The predicted molar refractivity (Wildman–Crippen MR) is 174 cm³/mol. The van der Waals surface area contributed by atoms with Crippen molar-refractivity contribution in [3.63, 3.8) is 0 Å². The highest BCUT2D eigenvalue weighted by atomic mass is 32.3. The van der Waals surface area contributed by atoms with Crippen molar-refractivity contribution in [1.82, 2.24) is 15.5 Å². The third-order valence-corrected chi connectivity index (χ3v) is 10.8. The lowest BCUT2D eigenvalue weighted by atomic mass is 9.96. The number of amides is 3. The predicted octanol–water partition coefficient (Wildman–Crippen LogP) is 2.83. The van der Waals surface area contributed by atoms with Gasteiger partial charge in [-0.15, -0.1) is 11.8 Å². The van der Waals surface area contributed by atoms with Gasteiger partial charge in [-0.05, 0) is 74.3 Å². The van der Waals surface area contributed by atoms with Crippen molar-refractivity contribution in [3.8, 4) is 5.75 Å². The van der Waals surface area contributed by atoms with Crippen molar-refractivity contribution in [2.75, 3.05) is 20.0 Å². The van der Waals surface area contributed by atoms with Crippen LogP contribution in [0.3, 0.4) is 0 Å². The molecule has 0 spiro atoms. The van der Waals surface area contributed by atoms with Gasteiger partial charge < -0.3 is 34.1 Å². The second-order valence-corrected chi connectivity index (χ2v) is 14.7. The summed E-state index contributed by atoms with van der Waals surface area (Å²) in [7, 11) is 1.53. The molecule has 3 amide bonds. The lowest BCUT2D eigenvalue weighted by molar-refractivity contribution is -0.154. The number of alkyl carbamates (subject to hydrolysis) is 1. The Morgan fingerprint density at radius 3 is 2.38 bits per heavy atom. The van der Waals surface area contributed by atoms with Gasteiger partial charge in [-0.3, -0.25) is 19.3 Å². The summed E-state index contributed by atoms with van der Waals surface area (Å²) in [5.41, 5.74) is 0.384. The van der Waals surface area contributed by atoms with Crippen molar-refractivity contribution in [1.29, 1.82) is 0 Å². The molecular formula is C32H39N3O10S2. The van der Waals surface area contributed by atoms with E-state index in [-0.39, 0.29) is 17.9 Å². The second kappa shape index (κ2) is 15.3. The molecule has 3 unspecified atom stereocenters. The molecule has 0 saturated carbocycles. The van der Waals surface area contributed by atoms with E-state index in [2.05, 4.69) is 10.6 Å². The third-order valence-electron chi connectivity index (χ3n) is 7.32. The monoisotopic (exact) mass is 689 g/mol. The molecule has 4 rings (SSSR count). The van der Waals surface area contributed by atoms with Crippen LogP contribution < -0.4 is 15.4 Å². The SMILES string of the molecule is COc1ccc(COC(=O)C2=C(COC(C)=O)C(SC)[S+]([O-])[C@@H]3[C@H](NC(=O)C(NC(=O)OC(C)(C)C)C4=CCC=CC4)C(=O)N23)cc1. The standard InChI is InChI=1S/C32H39N3O10S2/c1-18(36)43-17-22-25(29(39)44-16-19-12-14-21(42-5)15-13-19)35-27(38)24(28(35)47(41)30(22)46-6)33-26(37)23(20-10-8-7-9-11-20)34-31(40)45-32(2,3)4/h7-8,11-15,23-24,28,30H,9-10,16-17H2,1-6H3,(H,33,37)(H,34,40)/t23?,24-,28-,30?,47?/m1/s1. The largest absolute Gasteiger partial charge is 0.614 e. The number of nitrogens with zero attached hydrogens (tertiary/aromatic N) is 1. The number of ether oxygens (including phenoxy) is 4. The smallest absolute Gasteiger partial charge is 0.408 e. The number of fused-ring (bicyclic) bond motifs is 1. The quantitative estimate of drug-likeness (QED) is 0.115. The number of benzene rings is 1. The molecule has 1 aromatic rings. The molecular weight excluding hydrogens is 650 g/mol. The fraction of sp³-hybridized carbons (Fsp3) is 0.469. The van der Waals surface area contributed by atoms with Gasteiger partial charge in [0.05, 0.1) is 12.7 Å². The lowest BCUT2D eigenvalue weighted by Gasteiger charge is -2.51. The Morgan fingerprint density at radius 1 is 1.11 bits per heavy atom. The molecule has 1 saturated heterocycles. The zero-order valence-corrected chi connectivity index (χ0v) is 28.7. The average molecular weight is 690 g/mol. The number of allylic oxidation sites excluding steroid dienone is 3. The Balaban J connectivity index is 1.60. The van der Waals surface area contributed by atoms with Gasteiger partial charge in [0.15, 0.2) is 10.6 Å². The molecule has 1 fully saturated rings. The highest BCUT2D eigenvalue weighted by Crippen LogP contribution is 2.44. The van der Waals surface area contributed by atoms with Crippen molar-refractivity contribution in [2.45, 2.75) is 74.8 Å². The number of rotatable bonds is 11. The highest BCUT2D eigenvalue weighted by molar-refractivity contribution is 8.13. The topological polar surface area (TPSA) is 173 Å². The van der Waals surface area contributed by atoms with E-state index in [0.717, 1.165) is 16.7 Å². The number of carbonyl (C=O) groups is 5. The minimum atomic E-state index is -1.86. The molecule has 1 aromatic carbocycles. The van der Waals surface area contributed by atoms with Gasteiger partial charge in [-0.25, -0.2) is 9.59 Å². The minimum absolute atomic E-state index is 0.144. The average Bonchev–Trinajstić information content (AvgIpc) is 3.03. The Kier molecular flexibility index (Phi) is 11.7. The van der Waals surface area contributed by atoms with Crippen LogP contribution in [0.25, 0.3) is 0 Å². The summed E-state index contributed by atoms with van der Waals surface area (Å²) in [4.78, 5) is 66.5. The maximum Gasteiger partial charge on any atom is 0.408 e. The maximum atomic E-state index is 13.9. The third kappa shape index (κ3) is 8.51. The van der Waals surface area contributed by atoms with E-state index < -0.39 is 75.3 Å². The van der Waals surface area contributed by atoms with E-state index in [9.17, 15) is 28.5 Å². The van der Waals surface area contributed by atoms with Gasteiger partial charge in [0, 0.05) is 6.92 Å². The van der Waals surface area contributed by atoms with Crippen LogP contribution in [-0.4, -0.2) is 86.9 Å². The molecule has 2 aliphatic heterocycles. The maximum absolute atomic E-state index is 13.9. The van der Waals surface area contributed by atoms with E-state index in [1.165, 1.54) is 14.0 Å². The molecule has 0 aromatic heterocycles. The van der Waals surface area contributed by atoms with Crippen molar-refractivity contribution in [2.24, 2.45) is 0 Å². The number of nitrogens with one attached hydrogen (secondary N) is 2. The van der Waals surface area contributed by atoms with Gasteiger partial charge in [0.2, 0.25) is 11.3 Å². The van der Waals surface area contributed by atoms with Crippen LogP contribution in [0.2, 0.25) is 0 Å². The van der Waals surface area contributed by atoms with E-state index >= 15 is 0 Å². The number of carbonyl (C=O) groups excluding carboxylic acids is 5. The van der Waals surface area contributed by atoms with Crippen molar-refractivity contribution < 1.29 is 47.5 Å². The van der Waals surface area contributed by atoms with E-state index in [4.69, 9.17) is 18.9 Å². The summed E-state index contributed by atoms with van der Waals surface area (Å²) in [6, 6.07) is 4.38. The number of methoxy groups -OCH3 is 1. The summed E-state index contributed by atoms with van der Waals surface area (Å²) in [5.74, 6) is -2.31. The first kappa shape index (κ1) is 35.9. The molecule has 3 aliphatic rings. The molecule has 1 aliphatic carbocycles. The van der Waals surface area contributed by atoms with Crippen LogP contribution in [0.5, 0.6) is 5.75 Å². The number of thioether (sulfide) groups is 1. The Bertz CT molecular complexity index is 1480. The first-order chi connectivity index (χ1) is 22.2. The fourth-order valence-corrected chi connectivity index (χ4v) is 8.32. The molecule has 13 nitrogen and oxygen atoms in total. The number of esters is 2. The van der Waals surface area contributed by atoms with Crippen LogP contribution in [0.4, 0.5) is 4.79 Å². The zero-order chi connectivity index (χ0) is 34.5. The van der Waals surface area contributed by atoms with Gasteiger partial charge >= 0.3 is 18.0 Å². The van der Waals surface area contributed by atoms with Gasteiger partial charge in [-0.1, -0.05) is 30.4 Å². The number of hydrogen-bond donors (Lipinski definition) is 2. The first-order valence-electron chi connectivity index (χ1n) is 14.8. The van der Waals surface area contributed by atoms with Crippen molar-refractivity contribution >= 4 is 52.8 Å². The summed E-state index contributed by atoms with van der Waals surface area (Å²) >= 11 is -0.710. The van der Waals surface area contributed by atoms with Gasteiger partial charge in [0.1, 0.15) is 36.3 Å². The van der Waals surface area contributed by atoms with E-state index in [0.29, 0.717) is 29.7 Å². The molecule has 15 heteroatoms. The molecule has 0 bridgehead atoms. The molecule has 5 atom stereocenters. The number of hydrogen-bond acceptors (Lipinski definition) is 11. The minimum Gasteiger partial charge on any atom is -0.614 e. The highest BCUT2D eigenvalue weighted by Gasteiger charge is 2.64. The van der Waals surface area contributed by atoms with Crippen molar-refractivity contribution in [3.05, 3.63) is 64.9 Å². The molecule has 47 heavy (non-hydrogen) atoms. The summed E-state index contributed by atoms with van der Waals surface area (Å²) in [6.45, 7) is 5.73. The first-order valence-corrected chi connectivity index (χ1v) is 17.4. The summed E-state index contributed by atoms with van der Waals surface area (Å²) < 4.78 is 34.4. The molecule has 254 valence electrons. The van der Waals surface area contributed by atoms with E-state index in [1.807, 2.05) is 12.2 Å². The fourth-order valence-electron chi connectivity index (χ4n) is 5.17. The van der Waals surface area contributed by atoms with Gasteiger partial charge in [-0.2, -0.15) is 0 Å². The summed E-state index contributed by atoms with van der Waals surface area (Å²) in [5, 5.41) is 4.13. The van der Waals surface area contributed by atoms with Crippen LogP contribution in [0.15, 0.2) is 59.3 Å².